The van der Waals surface area contributed by atoms with Crippen LogP contribution in [0.1, 0.15) is 5.69 Å². The Hall–Kier alpha value is -3.14. The maximum atomic E-state index is 4.62. The number of H-pyrrole nitrogens is 1. The van der Waals surface area contributed by atoms with Gasteiger partial charge >= 0.3 is 0 Å². The van der Waals surface area contributed by atoms with Gasteiger partial charge in [0, 0.05) is 28.7 Å². The van der Waals surface area contributed by atoms with Crippen molar-refractivity contribution in [1.29, 1.82) is 0 Å². The summed E-state index contributed by atoms with van der Waals surface area (Å²) in [5, 5.41) is 12.3. The van der Waals surface area contributed by atoms with Crippen LogP contribution < -0.4 is 0 Å². The molecule has 1 N–H and O–H groups in total. The number of benzene rings is 2. The Labute approximate surface area is 132 Å². The van der Waals surface area contributed by atoms with E-state index in [2.05, 4.69) is 62.2 Å². The molecule has 5 aromatic rings. The molecule has 0 atom stereocenters. The van der Waals surface area contributed by atoms with E-state index in [1.807, 2.05) is 25.3 Å². The Morgan fingerprint density at radius 3 is 2.70 bits per heavy atom. The Kier molecular flexibility index (Phi) is 2.39. The second kappa shape index (κ2) is 4.43. The lowest BCUT2D eigenvalue weighted by molar-refractivity contribution is 0.983. The van der Waals surface area contributed by atoms with Crippen LogP contribution >= 0.6 is 0 Å². The first kappa shape index (κ1) is 12.4. The molecule has 0 amide bonds. The van der Waals surface area contributed by atoms with E-state index in [0.29, 0.717) is 0 Å². The first-order valence-electron chi connectivity index (χ1n) is 7.62. The number of aromatic nitrogens is 4. The van der Waals surface area contributed by atoms with Gasteiger partial charge in [0.25, 0.3) is 0 Å². The molecule has 5 rings (SSSR count). The molecular weight excluding hydrogens is 284 g/mol. The van der Waals surface area contributed by atoms with Crippen molar-refractivity contribution >= 4 is 32.7 Å². The van der Waals surface area contributed by atoms with E-state index in [1.165, 1.54) is 16.2 Å². The zero-order valence-electron chi connectivity index (χ0n) is 12.6. The molecular formula is C19H14N4. The van der Waals surface area contributed by atoms with Crippen molar-refractivity contribution in [3.63, 3.8) is 0 Å². The number of aromatic amines is 1. The van der Waals surface area contributed by atoms with Crippen LogP contribution in [0.3, 0.4) is 0 Å². The molecule has 0 bridgehead atoms. The highest BCUT2D eigenvalue weighted by molar-refractivity contribution is 6.20. The summed E-state index contributed by atoms with van der Waals surface area (Å²) in [7, 11) is 0. The highest BCUT2D eigenvalue weighted by atomic mass is 15.2. The van der Waals surface area contributed by atoms with Gasteiger partial charge < -0.3 is 0 Å². The van der Waals surface area contributed by atoms with Gasteiger partial charge in [0.15, 0.2) is 5.82 Å². The quantitative estimate of drug-likeness (QED) is 0.499. The SMILES string of the molecule is Cc1cc(-n2c3ccc4ccccc4c3c3cccnc32)n[nH]1. The first-order chi connectivity index (χ1) is 11.3. The molecule has 0 aliphatic heterocycles. The van der Waals surface area contributed by atoms with Crippen LogP contribution in [-0.4, -0.2) is 19.7 Å². The van der Waals surface area contributed by atoms with Crippen molar-refractivity contribution in [2.45, 2.75) is 6.92 Å². The summed E-state index contributed by atoms with van der Waals surface area (Å²) in [5.74, 6) is 0.872. The average Bonchev–Trinajstić information content (AvgIpc) is 3.15. The van der Waals surface area contributed by atoms with E-state index in [-0.39, 0.29) is 0 Å². The summed E-state index contributed by atoms with van der Waals surface area (Å²) in [6, 6.07) is 19.0. The lowest BCUT2D eigenvalue weighted by atomic mass is 10.0. The number of hydrogen-bond acceptors (Lipinski definition) is 2. The summed E-state index contributed by atoms with van der Waals surface area (Å²) >= 11 is 0. The molecule has 0 radical (unpaired) electrons. The molecule has 0 unspecified atom stereocenters. The molecule has 0 aliphatic rings. The van der Waals surface area contributed by atoms with Crippen molar-refractivity contribution in [3.05, 3.63) is 66.5 Å². The minimum Gasteiger partial charge on any atom is -0.281 e. The maximum absolute atomic E-state index is 4.62. The molecule has 3 heterocycles. The van der Waals surface area contributed by atoms with E-state index < -0.39 is 0 Å². The predicted octanol–water partition coefficient (Wildman–Crippen LogP) is 4.36. The van der Waals surface area contributed by atoms with Crippen molar-refractivity contribution in [2.75, 3.05) is 0 Å². The van der Waals surface area contributed by atoms with Gasteiger partial charge in [-0.05, 0) is 35.9 Å². The Morgan fingerprint density at radius 2 is 1.83 bits per heavy atom. The van der Waals surface area contributed by atoms with Crippen LogP contribution in [0.5, 0.6) is 0 Å². The second-order valence-corrected chi connectivity index (χ2v) is 5.80. The van der Waals surface area contributed by atoms with Crippen LogP contribution in [0.2, 0.25) is 0 Å². The van der Waals surface area contributed by atoms with E-state index in [0.717, 1.165) is 28.1 Å². The van der Waals surface area contributed by atoms with Crippen LogP contribution in [0.15, 0.2) is 60.8 Å². The minimum absolute atomic E-state index is 0.872. The number of pyridine rings is 1. The zero-order valence-corrected chi connectivity index (χ0v) is 12.6. The van der Waals surface area contributed by atoms with Crippen molar-refractivity contribution in [1.82, 2.24) is 19.7 Å². The molecule has 4 nitrogen and oxygen atoms in total. The summed E-state index contributed by atoms with van der Waals surface area (Å²) < 4.78 is 2.13. The van der Waals surface area contributed by atoms with E-state index in [9.17, 15) is 0 Å². The number of rotatable bonds is 1. The molecule has 110 valence electrons. The number of nitrogens with zero attached hydrogens (tertiary/aromatic N) is 3. The highest BCUT2D eigenvalue weighted by Crippen LogP contribution is 2.35. The molecule has 0 aliphatic carbocycles. The predicted molar refractivity (Wildman–Crippen MR) is 93.0 cm³/mol. The Bertz CT molecular complexity index is 1180. The first-order valence-corrected chi connectivity index (χ1v) is 7.62. The number of aryl methyl sites for hydroxylation is 1. The normalized spacial score (nSPS) is 11.7. The number of fused-ring (bicyclic) bond motifs is 5. The molecule has 0 saturated carbocycles. The molecule has 4 heteroatoms. The average molecular weight is 298 g/mol. The van der Waals surface area contributed by atoms with Crippen molar-refractivity contribution in [3.8, 4) is 5.82 Å². The summed E-state index contributed by atoms with van der Waals surface area (Å²) in [6.45, 7) is 2.01. The van der Waals surface area contributed by atoms with Crippen LogP contribution in [0, 0.1) is 6.92 Å². The zero-order chi connectivity index (χ0) is 15.4. The van der Waals surface area contributed by atoms with Crippen molar-refractivity contribution < 1.29 is 0 Å². The van der Waals surface area contributed by atoms with Gasteiger partial charge in [-0.2, -0.15) is 5.10 Å². The lowest BCUT2D eigenvalue weighted by Crippen LogP contribution is -1.95. The summed E-state index contributed by atoms with van der Waals surface area (Å²) in [4.78, 5) is 4.62. The summed E-state index contributed by atoms with van der Waals surface area (Å²) in [6.07, 6.45) is 1.83. The van der Waals surface area contributed by atoms with Crippen molar-refractivity contribution in [2.24, 2.45) is 0 Å². The maximum Gasteiger partial charge on any atom is 0.160 e. The van der Waals surface area contributed by atoms with Gasteiger partial charge in [0.2, 0.25) is 0 Å². The summed E-state index contributed by atoms with van der Waals surface area (Å²) in [5.41, 5.74) is 3.10. The van der Waals surface area contributed by atoms with Gasteiger partial charge in [-0.1, -0.05) is 30.3 Å². The number of hydrogen-bond donors (Lipinski definition) is 1. The molecule has 3 aromatic heterocycles. The molecule has 23 heavy (non-hydrogen) atoms. The third-order valence-corrected chi connectivity index (χ3v) is 4.34. The standard InChI is InChI=1S/C19H14N4/c1-12-11-17(22-21-12)23-16-9-8-13-5-2-3-6-14(13)18(16)15-7-4-10-20-19(15)23/h2-11H,1H3,(H,21,22). The van der Waals surface area contributed by atoms with E-state index >= 15 is 0 Å². The fourth-order valence-corrected chi connectivity index (χ4v) is 3.36. The minimum atomic E-state index is 0.872. The monoisotopic (exact) mass is 298 g/mol. The van der Waals surface area contributed by atoms with E-state index in [4.69, 9.17) is 0 Å². The van der Waals surface area contributed by atoms with Gasteiger partial charge in [-0.3, -0.25) is 9.67 Å². The highest BCUT2D eigenvalue weighted by Gasteiger charge is 2.16. The van der Waals surface area contributed by atoms with Gasteiger partial charge in [0.1, 0.15) is 5.65 Å². The fourth-order valence-electron chi connectivity index (χ4n) is 3.36. The molecule has 0 fully saturated rings. The van der Waals surface area contributed by atoms with Crippen LogP contribution in [0.4, 0.5) is 0 Å². The molecule has 0 spiro atoms. The lowest BCUT2D eigenvalue weighted by Gasteiger charge is -2.03. The third-order valence-electron chi connectivity index (χ3n) is 4.34. The second-order valence-electron chi connectivity index (χ2n) is 5.80. The third kappa shape index (κ3) is 1.66. The molecule has 0 saturated heterocycles. The smallest absolute Gasteiger partial charge is 0.160 e. The van der Waals surface area contributed by atoms with Gasteiger partial charge in [-0.25, -0.2) is 4.98 Å². The topological polar surface area (TPSA) is 46.5 Å². The van der Waals surface area contributed by atoms with Gasteiger partial charge in [0.05, 0.1) is 5.52 Å². The Morgan fingerprint density at radius 1 is 0.957 bits per heavy atom. The van der Waals surface area contributed by atoms with E-state index in [1.54, 1.807) is 0 Å². The Balaban J connectivity index is 2.06. The van der Waals surface area contributed by atoms with Gasteiger partial charge in [-0.15, -0.1) is 0 Å². The molecule has 2 aromatic carbocycles. The van der Waals surface area contributed by atoms with Crippen LogP contribution in [-0.2, 0) is 0 Å². The largest absolute Gasteiger partial charge is 0.281 e. The fraction of sp³-hybridized carbons (Fsp3) is 0.0526. The van der Waals surface area contributed by atoms with Crippen LogP contribution in [0.25, 0.3) is 38.5 Å². The number of nitrogens with one attached hydrogen (secondary N) is 1.